The fourth-order valence-corrected chi connectivity index (χ4v) is 2.83. The van der Waals surface area contributed by atoms with Crippen LogP contribution in [0.2, 0.25) is 0 Å². The normalized spacial score (nSPS) is 22.6. The van der Waals surface area contributed by atoms with Gasteiger partial charge in [-0.05, 0) is 37.5 Å². The summed E-state index contributed by atoms with van der Waals surface area (Å²) in [5.74, 6) is 0.220. The third-order valence-electron chi connectivity index (χ3n) is 4.44. The lowest BCUT2D eigenvalue weighted by atomic mass is 9.83. The molecule has 0 radical (unpaired) electrons. The molecule has 0 aromatic heterocycles. The van der Waals surface area contributed by atoms with E-state index >= 15 is 0 Å². The Morgan fingerprint density at radius 1 is 1.29 bits per heavy atom. The van der Waals surface area contributed by atoms with Crippen molar-refractivity contribution in [2.24, 2.45) is 5.41 Å². The summed E-state index contributed by atoms with van der Waals surface area (Å²) in [6.07, 6.45) is 9.69. The Morgan fingerprint density at radius 2 is 2.00 bits per heavy atom. The van der Waals surface area contributed by atoms with E-state index in [9.17, 15) is 4.79 Å². The average Bonchev–Trinajstić information content (AvgIpc) is 3.04. The molecule has 2 N–H and O–H groups in total. The highest BCUT2D eigenvalue weighted by Crippen LogP contribution is 2.40. The molecule has 98 valence electrons. The van der Waals surface area contributed by atoms with Crippen LogP contribution in [0.4, 0.5) is 0 Å². The average molecular weight is 238 g/mol. The molecule has 2 fully saturated rings. The Labute approximate surface area is 105 Å². The van der Waals surface area contributed by atoms with Crippen LogP contribution in [-0.2, 0) is 4.79 Å². The van der Waals surface area contributed by atoms with Gasteiger partial charge in [-0.3, -0.25) is 4.79 Å². The van der Waals surface area contributed by atoms with Gasteiger partial charge in [0, 0.05) is 25.6 Å². The minimum Gasteiger partial charge on any atom is -0.356 e. The highest BCUT2D eigenvalue weighted by atomic mass is 16.1. The van der Waals surface area contributed by atoms with Gasteiger partial charge in [-0.2, -0.15) is 0 Å². The van der Waals surface area contributed by atoms with Gasteiger partial charge in [0.05, 0.1) is 0 Å². The summed E-state index contributed by atoms with van der Waals surface area (Å²) in [5.41, 5.74) is 0.416. The van der Waals surface area contributed by atoms with Crippen LogP contribution < -0.4 is 10.6 Å². The molecule has 0 aromatic carbocycles. The number of hydrogen-bond donors (Lipinski definition) is 2. The zero-order valence-corrected chi connectivity index (χ0v) is 11.1. The summed E-state index contributed by atoms with van der Waals surface area (Å²) >= 11 is 0. The molecule has 2 aliphatic rings. The fourth-order valence-electron chi connectivity index (χ4n) is 2.83. The van der Waals surface area contributed by atoms with E-state index in [1.54, 1.807) is 0 Å². The molecule has 0 aliphatic heterocycles. The smallest absolute Gasteiger partial charge is 0.221 e. The van der Waals surface area contributed by atoms with Crippen molar-refractivity contribution in [3.63, 3.8) is 0 Å². The van der Waals surface area contributed by atoms with Gasteiger partial charge in [0.1, 0.15) is 0 Å². The second kappa shape index (κ2) is 5.85. The summed E-state index contributed by atoms with van der Waals surface area (Å²) in [6.45, 7) is 3.99. The number of carbonyl (C=O) groups is 1. The molecule has 0 heterocycles. The van der Waals surface area contributed by atoms with Crippen LogP contribution in [0.15, 0.2) is 0 Å². The molecule has 3 nitrogen and oxygen atoms in total. The summed E-state index contributed by atoms with van der Waals surface area (Å²) in [5, 5.41) is 6.51. The van der Waals surface area contributed by atoms with Gasteiger partial charge >= 0.3 is 0 Å². The number of hydrogen-bond acceptors (Lipinski definition) is 2. The van der Waals surface area contributed by atoms with Crippen LogP contribution in [0.5, 0.6) is 0 Å². The molecule has 0 spiro atoms. The Hall–Kier alpha value is -0.570. The molecule has 3 heteroatoms. The molecule has 2 rings (SSSR count). The van der Waals surface area contributed by atoms with Crippen LogP contribution in [0.1, 0.15) is 58.3 Å². The van der Waals surface area contributed by atoms with Crippen molar-refractivity contribution in [2.45, 2.75) is 64.3 Å². The number of amides is 1. The Kier molecular flexibility index (Phi) is 4.43. The van der Waals surface area contributed by atoms with Crippen molar-refractivity contribution < 1.29 is 4.79 Å². The highest BCUT2D eigenvalue weighted by Gasteiger charge is 2.32. The van der Waals surface area contributed by atoms with Crippen LogP contribution in [0.25, 0.3) is 0 Å². The lowest BCUT2D eigenvalue weighted by molar-refractivity contribution is -0.121. The zero-order chi connectivity index (χ0) is 12.1. The molecular weight excluding hydrogens is 212 g/mol. The molecule has 0 atom stereocenters. The first-order valence-electron chi connectivity index (χ1n) is 7.24. The van der Waals surface area contributed by atoms with Gasteiger partial charge in [-0.25, -0.2) is 0 Å². The molecular formula is C14H26N2O. The van der Waals surface area contributed by atoms with Gasteiger partial charge in [-0.15, -0.1) is 0 Å². The second-order valence-electron chi connectivity index (χ2n) is 5.82. The van der Waals surface area contributed by atoms with E-state index in [0.717, 1.165) is 13.1 Å². The van der Waals surface area contributed by atoms with Crippen molar-refractivity contribution >= 4 is 5.91 Å². The summed E-state index contributed by atoms with van der Waals surface area (Å²) in [7, 11) is 0. The van der Waals surface area contributed by atoms with Gasteiger partial charge < -0.3 is 10.6 Å². The van der Waals surface area contributed by atoms with Crippen LogP contribution in [-0.4, -0.2) is 25.0 Å². The molecule has 0 unspecified atom stereocenters. The van der Waals surface area contributed by atoms with Gasteiger partial charge in [0.2, 0.25) is 5.91 Å². The Balaban J connectivity index is 1.60. The first-order chi connectivity index (χ1) is 8.24. The van der Waals surface area contributed by atoms with Crippen LogP contribution >= 0.6 is 0 Å². The quantitative estimate of drug-likeness (QED) is 0.714. The maximum Gasteiger partial charge on any atom is 0.221 e. The highest BCUT2D eigenvalue weighted by molar-refractivity contribution is 5.76. The SMILES string of the molecule is CCC1(CNC(=O)CCNC2CC2)CCCC1. The topological polar surface area (TPSA) is 41.1 Å². The standard InChI is InChI=1S/C14H26N2O/c1-2-14(8-3-4-9-14)11-16-13(17)7-10-15-12-5-6-12/h12,15H,2-11H2,1H3,(H,16,17). The molecule has 0 saturated heterocycles. The monoisotopic (exact) mass is 238 g/mol. The molecule has 2 saturated carbocycles. The minimum absolute atomic E-state index is 0.220. The van der Waals surface area contributed by atoms with E-state index in [0.29, 0.717) is 17.9 Å². The second-order valence-corrected chi connectivity index (χ2v) is 5.82. The molecule has 0 bridgehead atoms. The summed E-state index contributed by atoms with van der Waals surface area (Å²) in [4.78, 5) is 11.7. The van der Waals surface area contributed by atoms with Crippen molar-refractivity contribution in [1.29, 1.82) is 0 Å². The van der Waals surface area contributed by atoms with E-state index < -0.39 is 0 Å². The van der Waals surface area contributed by atoms with Gasteiger partial charge in [0.25, 0.3) is 0 Å². The van der Waals surface area contributed by atoms with Crippen molar-refractivity contribution in [1.82, 2.24) is 10.6 Å². The van der Waals surface area contributed by atoms with E-state index in [2.05, 4.69) is 17.6 Å². The summed E-state index contributed by atoms with van der Waals surface area (Å²) in [6, 6.07) is 0.708. The van der Waals surface area contributed by atoms with E-state index in [1.165, 1.54) is 44.9 Å². The van der Waals surface area contributed by atoms with E-state index in [4.69, 9.17) is 0 Å². The number of carbonyl (C=O) groups excluding carboxylic acids is 1. The van der Waals surface area contributed by atoms with E-state index in [-0.39, 0.29) is 5.91 Å². The first kappa shape index (κ1) is 12.9. The zero-order valence-electron chi connectivity index (χ0n) is 11.1. The number of rotatable bonds is 7. The minimum atomic E-state index is 0.220. The first-order valence-corrected chi connectivity index (χ1v) is 7.24. The maximum atomic E-state index is 11.7. The Morgan fingerprint density at radius 3 is 2.59 bits per heavy atom. The van der Waals surface area contributed by atoms with Crippen molar-refractivity contribution in [3.05, 3.63) is 0 Å². The predicted octanol–water partition coefficient (Wildman–Crippen LogP) is 2.22. The van der Waals surface area contributed by atoms with E-state index in [1.807, 2.05) is 0 Å². The third kappa shape index (κ3) is 3.98. The van der Waals surface area contributed by atoms with Crippen molar-refractivity contribution in [3.8, 4) is 0 Å². The molecule has 17 heavy (non-hydrogen) atoms. The van der Waals surface area contributed by atoms with Gasteiger partial charge in [0.15, 0.2) is 0 Å². The number of nitrogens with one attached hydrogen (secondary N) is 2. The maximum absolute atomic E-state index is 11.7. The Bertz CT molecular complexity index is 255. The fraction of sp³-hybridized carbons (Fsp3) is 0.929. The molecule has 1 amide bonds. The summed E-state index contributed by atoms with van der Waals surface area (Å²) < 4.78 is 0. The van der Waals surface area contributed by atoms with Crippen LogP contribution in [0, 0.1) is 5.41 Å². The molecule has 0 aromatic rings. The third-order valence-corrected chi connectivity index (χ3v) is 4.44. The largest absolute Gasteiger partial charge is 0.356 e. The van der Waals surface area contributed by atoms with Crippen LogP contribution in [0.3, 0.4) is 0 Å². The predicted molar refractivity (Wildman–Crippen MR) is 69.8 cm³/mol. The lowest BCUT2D eigenvalue weighted by Crippen LogP contribution is -2.36. The van der Waals surface area contributed by atoms with Gasteiger partial charge in [-0.1, -0.05) is 19.8 Å². The van der Waals surface area contributed by atoms with Crippen molar-refractivity contribution in [2.75, 3.05) is 13.1 Å². The molecule has 2 aliphatic carbocycles. The lowest BCUT2D eigenvalue weighted by Gasteiger charge is -2.27.